The number of rotatable bonds is 3. The van der Waals surface area contributed by atoms with E-state index in [9.17, 15) is 4.79 Å². The summed E-state index contributed by atoms with van der Waals surface area (Å²) in [5.41, 5.74) is 2.76. The molecule has 1 aromatic heterocycles. The fourth-order valence-electron chi connectivity index (χ4n) is 5.10. The summed E-state index contributed by atoms with van der Waals surface area (Å²) in [6, 6.07) is 4.19. The SMILES string of the molecule is Cc1cccnc1CN1CCN(C(=O)C2CC3(CCNCC3)CN2C)CC1.Cl.Cl. The number of carbonyl (C=O) groups excluding carboxylic acids is 1. The molecule has 0 aromatic carbocycles. The van der Waals surface area contributed by atoms with Gasteiger partial charge in [-0.3, -0.25) is 19.6 Å². The fraction of sp³-hybridized carbons (Fsp3) is 0.714. The molecule has 8 heteroatoms. The maximum Gasteiger partial charge on any atom is 0.240 e. The fourth-order valence-corrected chi connectivity index (χ4v) is 5.10. The Morgan fingerprint density at radius 2 is 1.90 bits per heavy atom. The summed E-state index contributed by atoms with van der Waals surface area (Å²) in [6.07, 6.45) is 5.32. The summed E-state index contributed by atoms with van der Waals surface area (Å²) in [6.45, 7) is 9.82. The summed E-state index contributed by atoms with van der Waals surface area (Å²) in [7, 11) is 2.14. The lowest BCUT2D eigenvalue weighted by Gasteiger charge is -2.37. The first-order chi connectivity index (χ1) is 13.1. The van der Waals surface area contributed by atoms with Gasteiger partial charge in [0.1, 0.15) is 0 Å². The number of piperazine rings is 1. The zero-order valence-electron chi connectivity index (χ0n) is 17.6. The molecule has 164 valence electrons. The van der Waals surface area contributed by atoms with Crippen LogP contribution in [0.25, 0.3) is 0 Å². The molecule has 1 spiro atoms. The molecule has 0 saturated carbocycles. The Labute approximate surface area is 187 Å². The number of nitrogens with one attached hydrogen (secondary N) is 1. The zero-order chi connectivity index (χ0) is 18.9. The van der Waals surface area contributed by atoms with Crippen LogP contribution in [0.2, 0.25) is 0 Å². The number of pyridine rings is 1. The summed E-state index contributed by atoms with van der Waals surface area (Å²) in [4.78, 5) is 24.5. The van der Waals surface area contributed by atoms with Gasteiger partial charge in [0, 0.05) is 45.5 Å². The number of hydrogen-bond acceptors (Lipinski definition) is 5. The standard InChI is InChI=1S/C21H33N5O.2ClH/c1-17-4-3-7-23-18(17)15-25-10-12-26(13-11-25)20(27)19-14-21(16-24(19)2)5-8-22-9-6-21;;/h3-4,7,19,22H,5-6,8-16H2,1-2H3;2*1H. The number of nitrogens with zero attached hydrogens (tertiary/aromatic N) is 4. The quantitative estimate of drug-likeness (QED) is 0.773. The summed E-state index contributed by atoms with van der Waals surface area (Å²) in [5.74, 6) is 0.349. The normalized spacial score (nSPS) is 24.8. The maximum absolute atomic E-state index is 13.2. The van der Waals surface area contributed by atoms with Crippen LogP contribution >= 0.6 is 24.8 Å². The molecule has 6 nitrogen and oxygen atoms in total. The molecule has 4 rings (SSSR count). The maximum atomic E-state index is 13.2. The van der Waals surface area contributed by atoms with E-state index in [1.54, 1.807) is 0 Å². The number of halogens is 2. The number of piperidine rings is 1. The van der Waals surface area contributed by atoms with Crippen LogP contribution in [0, 0.1) is 12.3 Å². The summed E-state index contributed by atoms with van der Waals surface area (Å²) >= 11 is 0. The predicted octanol–water partition coefficient (Wildman–Crippen LogP) is 1.95. The Morgan fingerprint density at radius 1 is 1.21 bits per heavy atom. The highest BCUT2D eigenvalue weighted by atomic mass is 35.5. The van der Waals surface area contributed by atoms with Crippen molar-refractivity contribution in [2.45, 2.75) is 38.8 Å². The Balaban J connectivity index is 0.00000150. The van der Waals surface area contributed by atoms with Gasteiger partial charge in [-0.15, -0.1) is 24.8 Å². The molecular formula is C21H35Cl2N5O. The number of hydrogen-bond donors (Lipinski definition) is 1. The molecule has 0 aliphatic carbocycles. The van der Waals surface area contributed by atoms with Crippen LogP contribution < -0.4 is 5.32 Å². The molecule has 29 heavy (non-hydrogen) atoms. The molecular weight excluding hydrogens is 409 g/mol. The van der Waals surface area contributed by atoms with Crippen LogP contribution in [-0.2, 0) is 11.3 Å². The van der Waals surface area contributed by atoms with Gasteiger partial charge in [-0.05, 0) is 63.4 Å². The van der Waals surface area contributed by atoms with E-state index in [1.807, 2.05) is 12.3 Å². The highest BCUT2D eigenvalue weighted by molar-refractivity contribution is 5.85. The number of likely N-dealkylation sites (tertiary alicyclic amines) is 1. The Kier molecular flexibility index (Phi) is 8.73. The van der Waals surface area contributed by atoms with Crippen molar-refractivity contribution in [3.8, 4) is 0 Å². The molecule has 1 amide bonds. The third-order valence-corrected chi connectivity index (χ3v) is 6.87. The lowest BCUT2D eigenvalue weighted by molar-refractivity contribution is -0.137. The second-order valence-corrected chi connectivity index (χ2v) is 8.75. The Hall–Kier alpha value is -0.920. The second-order valence-electron chi connectivity index (χ2n) is 8.75. The van der Waals surface area contributed by atoms with E-state index in [0.717, 1.165) is 64.5 Å². The van der Waals surface area contributed by atoms with Crippen LogP contribution in [0.4, 0.5) is 0 Å². The van der Waals surface area contributed by atoms with Gasteiger partial charge in [-0.25, -0.2) is 0 Å². The van der Waals surface area contributed by atoms with Crippen LogP contribution in [0.5, 0.6) is 0 Å². The van der Waals surface area contributed by atoms with E-state index in [2.05, 4.69) is 45.0 Å². The minimum atomic E-state index is 0. The molecule has 3 aliphatic heterocycles. The van der Waals surface area contributed by atoms with E-state index in [0.29, 0.717) is 11.3 Å². The molecule has 0 bridgehead atoms. The lowest BCUT2D eigenvalue weighted by atomic mass is 9.77. The van der Waals surface area contributed by atoms with E-state index in [1.165, 1.54) is 18.4 Å². The molecule has 1 atom stereocenters. The molecule has 1 N–H and O–H groups in total. The lowest BCUT2D eigenvalue weighted by Crippen LogP contribution is -2.53. The van der Waals surface area contributed by atoms with Crippen molar-refractivity contribution >= 4 is 30.7 Å². The van der Waals surface area contributed by atoms with Crippen molar-refractivity contribution in [1.82, 2.24) is 25.0 Å². The zero-order valence-corrected chi connectivity index (χ0v) is 19.2. The van der Waals surface area contributed by atoms with Crippen molar-refractivity contribution < 1.29 is 4.79 Å². The van der Waals surface area contributed by atoms with Crippen LogP contribution in [0.15, 0.2) is 18.3 Å². The Morgan fingerprint density at radius 3 is 2.55 bits per heavy atom. The highest BCUT2D eigenvalue weighted by Crippen LogP contribution is 2.41. The number of aryl methyl sites for hydroxylation is 1. The first-order valence-corrected chi connectivity index (χ1v) is 10.4. The van der Waals surface area contributed by atoms with E-state index in [-0.39, 0.29) is 30.9 Å². The van der Waals surface area contributed by atoms with Gasteiger partial charge in [0.25, 0.3) is 0 Å². The van der Waals surface area contributed by atoms with Crippen molar-refractivity contribution in [3.63, 3.8) is 0 Å². The summed E-state index contributed by atoms with van der Waals surface area (Å²) in [5, 5.41) is 3.46. The predicted molar refractivity (Wildman–Crippen MR) is 121 cm³/mol. The number of amides is 1. The van der Waals surface area contributed by atoms with Gasteiger partial charge in [0.15, 0.2) is 0 Å². The van der Waals surface area contributed by atoms with E-state index >= 15 is 0 Å². The topological polar surface area (TPSA) is 51.7 Å². The smallest absolute Gasteiger partial charge is 0.240 e. The average Bonchev–Trinajstić information content (AvgIpc) is 3.00. The van der Waals surface area contributed by atoms with Gasteiger partial charge in [-0.1, -0.05) is 6.07 Å². The van der Waals surface area contributed by atoms with Crippen molar-refractivity contribution in [1.29, 1.82) is 0 Å². The second kappa shape index (κ2) is 10.4. The van der Waals surface area contributed by atoms with Gasteiger partial charge < -0.3 is 10.2 Å². The average molecular weight is 444 g/mol. The van der Waals surface area contributed by atoms with Crippen molar-refractivity contribution in [2.24, 2.45) is 5.41 Å². The molecule has 1 unspecified atom stereocenters. The van der Waals surface area contributed by atoms with Gasteiger partial charge >= 0.3 is 0 Å². The third kappa shape index (κ3) is 5.42. The van der Waals surface area contributed by atoms with E-state index in [4.69, 9.17) is 0 Å². The van der Waals surface area contributed by atoms with Gasteiger partial charge in [0.05, 0.1) is 11.7 Å². The summed E-state index contributed by atoms with van der Waals surface area (Å²) < 4.78 is 0. The van der Waals surface area contributed by atoms with Gasteiger partial charge in [-0.2, -0.15) is 0 Å². The van der Waals surface area contributed by atoms with Gasteiger partial charge in [0.2, 0.25) is 5.91 Å². The molecule has 3 fully saturated rings. The third-order valence-electron chi connectivity index (χ3n) is 6.87. The molecule has 3 aliphatic rings. The first-order valence-electron chi connectivity index (χ1n) is 10.4. The van der Waals surface area contributed by atoms with E-state index < -0.39 is 0 Å². The molecule has 3 saturated heterocycles. The number of aromatic nitrogens is 1. The minimum Gasteiger partial charge on any atom is -0.339 e. The largest absolute Gasteiger partial charge is 0.339 e. The molecule has 0 radical (unpaired) electrons. The monoisotopic (exact) mass is 443 g/mol. The minimum absolute atomic E-state index is 0. The molecule has 1 aromatic rings. The number of carbonyl (C=O) groups is 1. The van der Waals surface area contributed by atoms with Crippen LogP contribution in [-0.4, -0.2) is 84.5 Å². The van der Waals surface area contributed by atoms with Crippen LogP contribution in [0.1, 0.15) is 30.5 Å². The van der Waals surface area contributed by atoms with Crippen molar-refractivity contribution in [3.05, 3.63) is 29.6 Å². The van der Waals surface area contributed by atoms with Crippen molar-refractivity contribution in [2.75, 3.05) is 52.9 Å². The number of likely N-dealkylation sites (N-methyl/N-ethyl adjacent to an activating group) is 1. The first kappa shape index (κ1) is 24.4. The van der Waals surface area contributed by atoms with Crippen LogP contribution in [0.3, 0.4) is 0 Å². The Bertz CT molecular complexity index is 675. The molecule has 4 heterocycles. The highest BCUT2D eigenvalue weighted by Gasteiger charge is 2.46.